The van der Waals surface area contributed by atoms with Crippen LogP contribution in [0.3, 0.4) is 0 Å². The minimum Gasteiger partial charge on any atom is -0.376 e. The van der Waals surface area contributed by atoms with Gasteiger partial charge in [0.1, 0.15) is 18.0 Å². The number of anilines is 2. The van der Waals surface area contributed by atoms with E-state index in [4.69, 9.17) is 4.74 Å². The van der Waals surface area contributed by atoms with Gasteiger partial charge in [-0.05, 0) is 31.6 Å². The fraction of sp³-hybridized carbons (Fsp3) is 0.650. The summed E-state index contributed by atoms with van der Waals surface area (Å²) in [6, 6.07) is 2.72. The largest absolute Gasteiger partial charge is 0.376 e. The molecule has 3 atom stereocenters. The Labute approximate surface area is 161 Å². The Morgan fingerprint density at radius 3 is 2.89 bits per heavy atom. The van der Waals surface area contributed by atoms with Gasteiger partial charge in [0, 0.05) is 38.0 Å². The second kappa shape index (κ2) is 7.84. The van der Waals surface area contributed by atoms with E-state index in [1.54, 1.807) is 6.33 Å². The first-order valence-electron chi connectivity index (χ1n) is 10.1. The first kappa shape index (κ1) is 18.2. The van der Waals surface area contributed by atoms with Crippen LogP contribution in [0.15, 0.2) is 24.8 Å². The van der Waals surface area contributed by atoms with Gasteiger partial charge in [-0.3, -0.25) is 4.68 Å². The Bertz CT molecular complexity index is 760. The summed E-state index contributed by atoms with van der Waals surface area (Å²) in [5, 5.41) is 7.96. The maximum absolute atomic E-state index is 6.01. The lowest BCUT2D eigenvalue weighted by Crippen LogP contribution is -2.43. The van der Waals surface area contributed by atoms with Crippen molar-refractivity contribution in [3.8, 4) is 0 Å². The zero-order chi connectivity index (χ0) is 18.8. The number of hydrogen-bond acceptors (Lipinski definition) is 6. The predicted octanol–water partition coefficient (Wildman–Crippen LogP) is 3.17. The van der Waals surface area contributed by atoms with Crippen molar-refractivity contribution < 1.29 is 4.74 Å². The van der Waals surface area contributed by atoms with Gasteiger partial charge < -0.3 is 15.0 Å². The van der Waals surface area contributed by atoms with E-state index in [9.17, 15) is 0 Å². The number of ether oxygens (including phenoxy) is 1. The Kier molecular flexibility index (Phi) is 5.29. The minimum atomic E-state index is 0.229. The highest BCUT2D eigenvalue weighted by molar-refractivity contribution is 5.51. The summed E-state index contributed by atoms with van der Waals surface area (Å²) in [6.45, 7) is 6.31. The van der Waals surface area contributed by atoms with Crippen molar-refractivity contribution >= 4 is 11.6 Å². The van der Waals surface area contributed by atoms with Crippen LogP contribution in [0, 0.1) is 5.92 Å². The van der Waals surface area contributed by atoms with E-state index in [1.165, 1.54) is 5.56 Å². The number of nitrogens with one attached hydrogen (secondary N) is 1. The molecule has 2 aromatic heterocycles. The zero-order valence-corrected chi connectivity index (χ0v) is 16.5. The molecule has 2 aromatic rings. The number of nitrogens with zero attached hydrogens (tertiary/aromatic N) is 5. The molecular formula is C20H30N6O. The average molecular weight is 371 g/mol. The fourth-order valence-electron chi connectivity index (χ4n) is 4.39. The molecule has 0 aromatic carbocycles. The molecule has 2 fully saturated rings. The standard InChI is InChI=1S/C20H30N6O/c1-14(2)20-16(6-5-9-27-20)24-18-10-19(22-13-21-18)26-8-4-7-17(26)15-11-23-25(3)12-15/h10-14,16-17,20H,4-9H2,1-3H3,(H,21,22,24)/t16-,17-,20+/m1/s1. The third kappa shape index (κ3) is 3.93. The monoisotopic (exact) mass is 370 g/mol. The van der Waals surface area contributed by atoms with Gasteiger partial charge in [0.15, 0.2) is 0 Å². The highest BCUT2D eigenvalue weighted by atomic mass is 16.5. The number of hydrogen-bond donors (Lipinski definition) is 1. The van der Waals surface area contributed by atoms with Crippen LogP contribution in [0.1, 0.15) is 51.1 Å². The van der Waals surface area contributed by atoms with Crippen LogP contribution in [0.25, 0.3) is 0 Å². The maximum atomic E-state index is 6.01. The van der Waals surface area contributed by atoms with Crippen molar-refractivity contribution in [1.29, 1.82) is 0 Å². The highest BCUT2D eigenvalue weighted by Gasteiger charge is 2.30. The first-order chi connectivity index (χ1) is 13.1. The molecule has 4 heterocycles. The molecule has 0 unspecified atom stereocenters. The summed E-state index contributed by atoms with van der Waals surface area (Å²) in [5.74, 6) is 2.35. The second-order valence-electron chi connectivity index (χ2n) is 8.03. The van der Waals surface area contributed by atoms with Crippen molar-refractivity contribution in [1.82, 2.24) is 19.7 Å². The summed E-state index contributed by atoms with van der Waals surface area (Å²) < 4.78 is 7.87. The molecule has 7 nitrogen and oxygen atoms in total. The van der Waals surface area contributed by atoms with E-state index in [1.807, 2.05) is 17.9 Å². The molecule has 2 aliphatic rings. The topological polar surface area (TPSA) is 68.1 Å². The van der Waals surface area contributed by atoms with Gasteiger partial charge in [-0.1, -0.05) is 13.8 Å². The normalized spacial score (nSPS) is 25.9. The van der Waals surface area contributed by atoms with Crippen LogP contribution in [0.4, 0.5) is 11.6 Å². The number of rotatable bonds is 5. The Balaban J connectivity index is 1.52. The predicted molar refractivity (Wildman–Crippen MR) is 106 cm³/mol. The summed E-state index contributed by atoms with van der Waals surface area (Å²) in [5.41, 5.74) is 1.25. The van der Waals surface area contributed by atoms with E-state index in [-0.39, 0.29) is 6.10 Å². The number of aryl methyl sites for hydroxylation is 1. The van der Waals surface area contributed by atoms with Crippen molar-refractivity contribution in [2.75, 3.05) is 23.4 Å². The Morgan fingerprint density at radius 1 is 1.22 bits per heavy atom. The van der Waals surface area contributed by atoms with Gasteiger partial charge in [-0.15, -0.1) is 0 Å². The lowest BCUT2D eigenvalue weighted by atomic mass is 9.93. The van der Waals surface area contributed by atoms with Crippen LogP contribution in [0.5, 0.6) is 0 Å². The summed E-state index contributed by atoms with van der Waals surface area (Å²) in [6.07, 6.45) is 10.5. The molecule has 4 rings (SSSR count). The smallest absolute Gasteiger partial charge is 0.134 e. The van der Waals surface area contributed by atoms with Crippen molar-refractivity contribution in [3.63, 3.8) is 0 Å². The molecule has 7 heteroatoms. The van der Waals surface area contributed by atoms with E-state index < -0.39 is 0 Å². The first-order valence-corrected chi connectivity index (χ1v) is 10.1. The van der Waals surface area contributed by atoms with Crippen LogP contribution in [-0.4, -0.2) is 45.0 Å². The molecule has 0 aliphatic carbocycles. The second-order valence-corrected chi connectivity index (χ2v) is 8.03. The minimum absolute atomic E-state index is 0.229. The average Bonchev–Trinajstić information content (AvgIpc) is 3.31. The summed E-state index contributed by atoms with van der Waals surface area (Å²) >= 11 is 0. The molecule has 2 aliphatic heterocycles. The molecule has 1 N–H and O–H groups in total. The molecule has 0 amide bonds. The van der Waals surface area contributed by atoms with Gasteiger partial charge in [-0.25, -0.2) is 9.97 Å². The molecule has 0 bridgehead atoms. The molecule has 0 saturated carbocycles. The van der Waals surface area contributed by atoms with Crippen LogP contribution < -0.4 is 10.2 Å². The molecule has 27 heavy (non-hydrogen) atoms. The molecule has 146 valence electrons. The van der Waals surface area contributed by atoms with Crippen LogP contribution in [0.2, 0.25) is 0 Å². The Hall–Kier alpha value is -2.15. The van der Waals surface area contributed by atoms with Crippen LogP contribution >= 0.6 is 0 Å². The van der Waals surface area contributed by atoms with Gasteiger partial charge in [-0.2, -0.15) is 5.10 Å². The number of aromatic nitrogens is 4. The lowest BCUT2D eigenvalue weighted by molar-refractivity contribution is -0.0203. The van der Waals surface area contributed by atoms with Crippen molar-refractivity contribution in [2.24, 2.45) is 13.0 Å². The quantitative estimate of drug-likeness (QED) is 0.872. The third-order valence-electron chi connectivity index (χ3n) is 5.67. The van der Waals surface area contributed by atoms with Gasteiger partial charge in [0.2, 0.25) is 0 Å². The SMILES string of the molecule is CC(C)[C@@H]1OCCC[C@H]1Nc1cc(N2CCC[C@@H]2c2cnn(C)c2)ncn1. The third-order valence-corrected chi connectivity index (χ3v) is 5.67. The Morgan fingerprint density at radius 2 is 2.11 bits per heavy atom. The highest BCUT2D eigenvalue weighted by Crippen LogP contribution is 2.35. The van der Waals surface area contributed by atoms with E-state index in [2.05, 4.69) is 51.4 Å². The molecule has 0 spiro atoms. The maximum Gasteiger partial charge on any atom is 0.134 e. The van der Waals surface area contributed by atoms with Crippen LogP contribution in [-0.2, 0) is 11.8 Å². The summed E-state index contributed by atoms with van der Waals surface area (Å²) in [4.78, 5) is 11.4. The molecule has 2 saturated heterocycles. The zero-order valence-electron chi connectivity index (χ0n) is 16.5. The van der Waals surface area contributed by atoms with E-state index in [0.29, 0.717) is 18.0 Å². The molecular weight excluding hydrogens is 340 g/mol. The van der Waals surface area contributed by atoms with Gasteiger partial charge in [0.25, 0.3) is 0 Å². The van der Waals surface area contributed by atoms with E-state index >= 15 is 0 Å². The van der Waals surface area contributed by atoms with Crippen molar-refractivity contribution in [3.05, 3.63) is 30.4 Å². The fourth-order valence-corrected chi connectivity index (χ4v) is 4.39. The van der Waals surface area contributed by atoms with Gasteiger partial charge in [0.05, 0.1) is 24.4 Å². The molecule has 0 radical (unpaired) electrons. The lowest BCUT2D eigenvalue weighted by Gasteiger charge is -2.35. The summed E-state index contributed by atoms with van der Waals surface area (Å²) in [7, 11) is 1.97. The van der Waals surface area contributed by atoms with E-state index in [0.717, 1.165) is 50.5 Å². The van der Waals surface area contributed by atoms with Crippen molar-refractivity contribution in [2.45, 2.75) is 57.7 Å². The van der Waals surface area contributed by atoms with Gasteiger partial charge >= 0.3 is 0 Å².